The minimum atomic E-state index is -1.36. The lowest BCUT2D eigenvalue weighted by molar-refractivity contribution is 0.145. The highest BCUT2D eigenvalue weighted by Gasteiger charge is 2.32. The van der Waals surface area contributed by atoms with E-state index in [9.17, 15) is 13.7 Å². The Hall–Kier alpha value is -1.31. The van der Waals surface area contributed by atoms with Gasteiger partial charge in [0.2, 0.25) is 0 Å². The molecule has 0 aromatic heterocycles. The van der Waals surface area contributed by atoms with Crippen LogP contribution in [-0.4, -0.2) is 35.6 Å². The van der Waals surface area contributed by atoms with Gasteiger partial charge in [0, 0.05) is 12.6 Å². The van der Waals surface area contributed by atoms with Crippen LogP contribution in [0.25, 0.3) is 0 Å². The van der Waals surface area contributed by atoms with E-state index in [-0.39, 0.29) is 17.5 Å². The van der Waals surface area contributed by atoms with E-state index < -0.39 is 23.1 Å². The van der Waals surface area contributed by atoms with Crippen LogP contribution < -0.4 is 10.6 Å². The first-order valence-corrected chi connectivity index (χ1v) is 7.24. The molecule has 0 spiro atoms. The molecule has 7 heteroatoms. The van der Waals surface area contributed by atoms with Crippen LogP contribution in [0, 0.1) is 5.82 Å². The monoisotopic (exact) mass is 286 g/mol. The molecule has 0 saturated carbocycles. The normalized spacial score (nSPS) is 20.5. The first kappa shape index (κ1) is 14.1. The molecule has 19 heavy (non-hydrogen) atoms. The van der Waals surface area contributed by atoms with E-state index in [1.165, 1.54) is 17.0 Å². The summed E-state index contributed by atoms with van der Waals surface area (Å²) in [6.07, 6.45) is -0.917. The molecule has 1 amide bonds. The largest absolute Gasteiger partial charge is 0.611 e. The van der Waals surface area contributed by atoms with E-state index in [0.29, 0.717) is 18.0 Å². The summed E-state index contributed by atoms with van der Waals surface area (Å²) in [6.45, 7) is 2.24. The van der Waals surface area contributed by atoms with Gasteiger partial charge in [0.05, 0.1) is 12.2 Å². The lowest BCUT2D eigenvalue weighted by Crippen LogP contribution is -2.27. The van der Waals surface area contributed by atoms with Crippen molar-refractivity contribution < 1.29 is 18.5 Å². The number of rotatable bonds is 4. The van der Waals surface area contributed by atoms with E-state index >= 15 is 0 Å². The van der Waals surface area contributed by atoms with Gasteiger partial charge in [0.25, 0.3) is 0 Å². The minimum Gasteiger partial charge on any atom is -0.611 e. The standard InChI is InChI=1S/C12H15FN2O3S/c1-2-19(17)11-4-3-8(5-10(11)13)15-7-9(6-14)18-12(15)16/h3-5,9H,2,6-7,14H2,1H3/t9-,19?/m0/s1. The van der Waals surface area contributed by atoms with Crippen LogP contribution in [0.5, 0.6) is 0 Å². The predicted molar refractivity (Wildman–Crippen MR) is 70.0 cm³/mol. The lowest BCUT2D eigenvalue weighted by Gasteiger charge is -2.15. The summed E-state index contributed by atoms with van der Waals surface area (Å²) in [5.74, 6) is -0.237. The zero-order valence-electron chi connectivity index (χ0n) is 10.5. The molecule has 5 nitrogen and oxygen atoms in total. The van der Waals surface area contributed by atoms with Gasteiger partial charge in [0.15, 0.2) is 10.7 Å². The average molecular weight is 286 g/mol. The van der Waals surface area contributed by atoms with Gasteiger partial charge in [-0.25, -0.2) is 9.18 Å². The summed E-state index contributed by atoms with van der Waals surface area (Å²) >= 11 is -1.36. The van der Waals surface area contributed by atoms with Gasteiger partial charge in [0.1, 0.15) is 11.9 Å². The first-order chi connectivity index (χ1) is 9.06. The average Bonchev–Trinajstić information content (AvgIpc) is 2.79. The van der Waals surface area contributed by atoms with Crippen molar-refractivity contribution in [3.05, 3.63) is 24.0 Å². The SMILES string of the molecule is CC[S+]([O-])c1ccc(N2C[C@H](CN)OC2=O)cc1F. The number of carbonyl (C=O) groups excluding carboxylic acids is 1. The van der Waals surface area contributed by atoms with Crippen LogP contribution in [-0.2, 0) is 15.9 Å². The van der Waals surface area contributed by atoms with Crippen molar-refractivity contribution in [1.29, 1.82) is 0 Å². The molecule has 1 heterocycles. The molecule has 1 aromatic carbocycles. The Bertz CT molecular complexity index is 486. The zero-order chi connectivity index (χ0) is 14.0. The molecule has 0 bridgehead atoms. The minimum absolute atomic E-state index is 0.147. The summed E-state index contributed by atoms with van der Waals surface area (Å²) in [5, 5.41) is 0. The number of carbonyl (C=O) groups is 1. The summed E-state index contributed by atoms with van der Waals surface area (Å²) in [7, 11) is 0. The maximum absolute atomic E-state index is 13.9. The second-order valence-corrected chi connectivity index (χ2v) is 5.81. The topological polar surface area (TPSA) is 78.6 Å². The van der Waals surface area contributed by atoms with Crippen LogP contribution in [0.15, 0.2) is 23.1 Å². The number of hydrogen-bond donors (Lipinski definition) is 1. The Morgan fingerprint density at radius 2 is 2.37 bits per heavy atom. The molecule has 1 aliphatic rings. The van der Waals surface area contributed by atoms with Gasteiger partial charge in [-0.2, -0.15) is 0 Å². The fraction of sp³-hybridized carbons (Fsp3) is 0.417. The second kappa shape index (κ2) is 5.77. The molecule has 104 valence electrons. The fourth-order valence-electron chi connectivity index (χ4n) is 1.85. The summed E-state index contributed by atoms with van der Waals surface area (Å²) in [6, 6.07) is 4.20. The molecule has 0 aliphatic carbocycles. The molecule has 2 atom stereocenters. The van der Waals surface area contributed by atoms with Crippen molar-refractivity contribution in [1.82, 2.24) is 0 Å². The number of ether oxygens (including phenoxy) is 1. The van der Waals surface area contributed by atoms with Crippen LogP contribution in [0.4, 0.5) is 14.9 Å². The van der Waals surface area contributed by atoms with Gasteiger partial charge in [-0.15, -0.1) is 0 Å². The molecule has 1 aliphatic heterocycles. The summed E-state index contributed by atoms with van der Waals surface area (Å²) < 4.78 is 30.4. The van der Waals surface area contributed by atoms with Crippen molar-refractivity contribution in [2.75, 3.05) is 23.7 Å². The van der Waals surface area contributed by atoms with Gasteiger partial charge in [-0.3, -0.25) is 4.90 Å². The zero-order valence-corrected chi connectivity index (χ0v) is 11.3. The van der Waals surface area contributed by atoms with Crippen LogP contribution in [0.2, 0.25) is 0 Å². The third-order valence-corrected chi connectivity index (χ3v) is 4.22. The lowest BCUT2D eigenvalue weighted by atomic mass is 10.2. The number of anilines is 1. The van der Waals surface area contributed by atoms with E-state index in [1.54, 1.807) is 13.0 Å². The number of halogens is 1. The molecule has 1 saturated heterocycles. The van der Waals surface area contributed by atoms with Crippen molar-refractivity contribution in [2.24, 2.45) is 5.73 Å². The molecule has 0 radical (unpaired) electrons. The highest BCUT2D eigenvalue weighted by Crippen LogP contribution is 2.26. The Morgan fingerprint density at radius 3 is 2.89 bits per heavy atom. The Labute approximate surface area is 113 Å². The van der Waals surface area contributed by atoms with E-state index in [0.717, 1.165) is 0 Å². The van der Waals surface area contributed by atoms with E-state index in [2.05, 4.69) is 0 Å². The number of benzene rings is 1. The predicted octanol–water partition coefficient (Wildman–Crippen LogP) is 1.24. The maximum atomic E-state index is 13.9. The number of cyclic esters (lactones) is 1. The van der Waals surface area contributed by atoms with E-state index in [4.69, 9.17) is 10.5 Å². The second-order valence-electron chi connectivity index (χ2n) is 4.10. The Kier molecular flexibility index (Phi) is 4.28. The van der Waals surface area contributed by atoms with Gasteiger partial charge in [-0.05, 0) is 30.2 Å². The molecule has 1 fully saturated rings. The molecular weight excluding hydrogens is 271 g/mol. The smallest absolute Gasteiger partial charge is 0.414 e. The third kappa shape index (κ3) is 2.83. The molecule has 1 unspecified atom stereocenters. The number of nitrogens with two attached hydrogens (primary N) is 1. The van der Waals surface area contributed by atoms with Crippen molar-refractivity contribution in [3.63, 3.8) is 0 Å². The summed E-state index contributed by atoms with van der Waals surface area (Å²) in [5.41, 5.74) is 5.81. The highest BCUT2D eigenvalue weighted by molar-refractivity contribution is 7.91. The molecule has 1 aromatic rings. The van der Waals surface area contributed by atoms with Crippen LogP contribution in [0.3, 0.4) is 0 Å². The number of hydrogen-bond acceptors (Lipinski definition) is 4. The van der Waals surface area contributed by atoms with Crippen molar-refractivity contribution >= 4 is 23.0 Å². The van der Waals surface area contributed by atoms with Crippen LogP contribution >= 0.6 is 0 Å². The number of amides is 1. The van der Waals surface area contributed by atoms with Crippen molar-refractivity contribution in [2.45, 2.75) is 17.9 Å². The van der Waals surface area contributed by atoms with Crippen LogP contribution in [0.1, 0.15) is 6.92 Å². The number of nitrogens with zero attached hydrogens (tertiary/aromatic N) is 1. The summed E-state index contributed by atoms with van der Waals surface area (Å²) in [4.78, 5) is 13.1. The Balaban J connectivity index is 2.23. The van der Waals surface area contributed by atoms with E-state index in [1.807, 2.05) is 0 Å². The van der Waals surface area contributed by atoms with Crippen molar-refractivity contribution in [3.8, 4) is 0 Å². The quantitative estimate of drug-likeness (QED) is 0.845. The Morgan fingerprint density at radius 1 is 1.63 bits per heavy atom. The fourth-order valence-corrected chi connectivity index (χ4v) is 2.66. The third-order valence-electron chi connectivity index (χ3n) is 2.87. The maximum Gasteiger partial charge on any atom is 0.414 e. The van der Waals surface area contributed by atoms with Gasteiger partial charge < -0.3 is 15.0 Å². The molecular formula is C12H15FN2O3S. The van der Waals surface area contributed by atoms with Gasteiger partial charge >= 0.3 is 6.09 Å². The molecule has 2 N–H and O–H groups in total. The molecule has 2 rings (SSSR count). The first-order valence-electron chi connectivity index (χ1n) is 5.93. The highest BCUT2D eigenvalue weighted by atomic mass is 32.2. The van der Waals surface area contributed by atoms with Gasteiger partial charge in [-0.1, -0.05) is 0 Å².